The number of fused-ring (bicyclic) bond motifs is 1. The third-order valence-corrected chi connectivity index (χ3v) is 11.2. The van der Waals surface area contributed by atoms with Crippen LogP contribution in [-0.4, -0.2) is 51.9 Å². The molecule has 1 unspecified atom stereocenters. The molecule has 0 aliphatic carbocycles. The highest BCUT2D eigenvalue weighted by molar-refractivity contribution is 8.24. The van der Waals surface area contributed by atoms with Crippen LogP contribution in [0.1, 0.15) is 27.7 Å². The fourth-order valence-corrected chi connectivity index (χ4v) is 5.92. The van der Waals surface area contributed by atoms with Crippen LogP contribution in [0.5, 0.6) is 0 Å². The molecule has 0 aromatic carbocycles. The summed E-state index contributed by atoms with van der Waals surface area (Å²) in [6, 6.07) is -0.964. The molecule has 2 aliphatic heterocycles. The minimum Gasteiger partial charge on any atom is -0.479 e. The maximum atomic E-state index is 12.4. The topological polar surface area (TPSA) is 66.8 Å². The van der Waals surface area contributed by atoms with Crippen molar-refractivity contribution in [2.45, 2.75) is 63.3 Å². The number of rotatable bonds is 4. The first-order valence-electron chi connectivity index (χ1n) is 7.32. The van der Waals surface area contributed by atoms with E-state index in [1.807, 2.05) is 6.92 Å². The van der Waals surface area contributed by atoms with Gasteiger partial charge in [0.25, 0.3) is 0 Å². The third kappa shape index (κ3) is 2.74. The maximum Gasteiger partial charge on any atom is 0.332 e. The lowest BCUT2D eigenvalue weighted by Gasteiger charge is -2.48. The second kappa shape index (κ2) is 5.57. The number of thioether (sulfide) groups is 1. The summed E-state index contributed by atoms with van der Waals surface area (Å²) in [5.74, 6) is -1.51. The zero-order valence-electron chi connectivity index (χ0n) is 13.7. The van der Waals surface area contributed by atoms with Gasteiger partial charge in [0.05, 0.1) is 21.6 Å². The minimum absolute atomic E-state index is 0.0649. The highest BCUT2D eigenvalue weighted by Crippen LogP contribution is 2.48. The second-order valence-corrected chi connectivity index (χ2v) is 14.0. The average Bonchev–Trinajstić information content (AvgIpc) is 2.60. The average molecular weight is 362 g/mol. The van der Waals surface area contributed by atoms with Gasteiger partial charge < -0.3 is 14.4 Å². The Bertz CT molecular complexity index is 531. The van der Waals surface area contributed by atoms with E-state index in [2.05, 4.69) is 33.9 Å². The van der Waals surface area contributed by atoms with Crippen molar-refractivity contribution in [3.8, 4) is 0 Å². The number of carbonyl (C=O) groups excluding carboxylic acids is 1. The van der Waals surface area contributed by atoms with Gasteiger partial charge in [-0.3, -0.25) is 4.79 Å². The number of carboxylic acids is 1. The summed E-state index contributed by atoms with van der Waals surface area (Å²) in [5.41, 5.74) is 0. The largest absolute Gasteiger partial charge is 0.479 e. The lowest BCUT2D eigenvalue weighted by Crippen LogP contribution is -2.65. The van der Waals surface area contributed by atoms with Crippen molar-refractivity contribution < 1.29 is 19.1 Å². The molecule has 8 heteroatoms. The van der Waals surface area contributed by atoms with E-state index in [9.17, 15) is 14.7 Å². The molecule has 4 atom stereocenters. The number of hydrogen-bond acceptors (Lipinski definition) is 5. The van der Waals surface area contributed by atoms with Crippen LogP contribution in [-0.2, 0) is 14.0 Å². The highest BCUT2D eigenvalue weighted by Gasteiger charge is 2.61. The molecule has 2 heterocycles. The maximum absolute atomic E-state index is 12.4. The number of carbonyl (C=O) groups is 2. The van der Waals surface area contributed by atoms with Crippen LogP contribution in [0, 0.1) is 5.92 Å². The van der Waals surface area contributed by atoms with Gasteiger partial charge in [0.1, 0.15) is 0 Å². The van der Waals surface area contributed by atoms with Gasteiger partial charge in [0.2, 0.25) is 5.91 Å². The van der Waals surface area contributed by atoms with Crippen molar-refractivity contribution in [2.75, 3.05) is 0 Å². The number of amides is 1. The smallest absolute Gasteiger partial charge is 0.332 e. The molecule has 0 radical (unpaired) electrons. The Morgan fingerprint density at radius 2 is 2.00 bits per heavy atom. The van der Waals surface area contributed by atoms with E-state index in [4.69, 9.17) is 16.6 Å². The van der Waals surface area contributed by atoms with E-state index >= 15 is 0 Å². The monoisotopic (exact) mass is 361 g/mol. The molecule has 0 spiro atoms. The van der Waals surface area contributed by atoms with Gasteiger partial charge in [-0.2, -0.15) is 0 Å². The molecule has 1 amide bonds. The van der Waals surface area contributed by atoms with Crippen molar-refractivity contribution in [2.24, 2.45) is 5.92 Å². The molecule has 22 heavy (non-hydrogen) atoms. The minimum atomic E-state index is -1.97. The first-order valence-corrected chi connectivity index (χ1v) is 11.5. The van der Waals surface area contributed by atoms with E-state index in [0.717, 1.165) is 0 Å². The number of hydrogen-bond donors (Lipinski definition) is 1. The molecule has 2 rings (SSSR count). The quantitative estimate of drug-likeness (QED) is 0.472. The molecule has 0 saturated carbocycles. The Morgan fingerprint density at radius 1 is 1.45 bits per heavy atom. The van der Waals surface area contributed by atoms with Gasteiger partial charge in [-0.05, 0) is 25.1 Å². The van der Waals surface area contributed by atoms with Crippen LogP contribution < -0.4 is 0 Å². The Kier molecular flexibility index (Phi) is 4.54. The number of β-lactam (4-membered cyclic amide) rings is 1. The molecular weight excluding hydrogens is 338 g/mol. The summed E-state index contributed by atoms with van der Waals surface area (Å²) in [6.07, 6.45) is -0.225. The standard InChI is InChI=1S/C14H23NO4S2Si/c1-7(19-22(5,6)14(2,3)4)8-10(16)15-9(12(17)18)13(20)21-11(8)15/h7-9,11H,1-6H3,(H,17,18)/t7-,8+,9?,11+/m0/s1. The van der Waals surface area contributed by atoms with Gasteiger partial charge in [0, 0.05) is 0 Å². The van der Waals surface area contributed by atoms with E-state index in [0.29, 0.717) is 4.20 Å². The molecule has 0 bridgehead atoms. The normalized spacial score (nSPS) is 30.1. The fourth-order valence-electron chi connectivity index (χ4n) is 2.58. The zero-order chi connectivity index (χ0) is 17.0. The molecule has 0 aromatic heterocycles. The zero-order valence-corrected chi connectivity index (χ0v) is 16.4. The number of nitrogens with zero attached hydrogens (tertiary/aromatic N) is 1. The lowest BCUT2D eigenvalue weighted by atomic mass is 9.91. The van der Waals surface area contributed by atoms with Crippen LogP contribution in [0.2, 0.25) is 18.1 Å². The van der Waals surface area contributed by atoms with Gasteiger partial charge in [-0.1, -0.05) is 44.8 Å². The Hall–Kier alpha value is -0.443. The molecule has 2 fully saturated rings. The van der Waals surface area contributed by atoms with E-state index in [-0.39, 0.29) is 28.3 Å². The van der Waals surface area contributed by atoms with Crippen molar-refractivity contribution in [1.82, 2.24) is 4.90 Å². The molecule has 5 nitrogen and oxygen atoms in total. The predicted octanol–water partition coefficient (Wildman–Crippen LogP) is 2.71. The summed E-state index contributed by atoms with van der Waals surface area (Å²) in [4.78, 5) is 25.1. The summed E-state index contributed by atoms with van der Waals surface area (Å²) in [5, 5.41) is 9.09. The van der Waals surface area contributed by atoms with Gasteiger partial charge in [0.15, 0.2) is 14.4 Å². The van der Waals surface area contributed by atoms with Gasteiger partial charge >= 0.3 is 5.97 Å². The number of carboxylic acid groups (broad SMARTS) is 1. The molecule has 2 saturated heterocycles. The van der Waals surface area contributed by atoms with Gasteiger partial charge in [-0.15, -0.1) is 0 Å². The summed E-state index contributed by atoms with van der Waals surface area (Å²) in [6.45, 7) is 12.7. The van der Waals surface area contributed by atoms with Crippen LogP contribution >= 0.6 is 24.0 Å². The van der Waals surface area contributed by atoms with E-state index < -0.39 is 20.3 Å². The third-order valence-electron chi connectivity index (χ3n) is 4.89. The summed E-state index contributed by atoms with van der Waals surface area (Å²) < 4.78 is 6.67. The second-order valence-electron chi connectivity index (χ2n) is 7.42. The van der Waals surface area contributed by atoms with E-state index in [1.165, 1.54) is 16.7 Å². The summed E-state index contributed by atoms with van der Waals surface area (Å²) in [7, 11) is -1.97. The Morgan fingerprint density at radius 3 is 2.45 bits per heavy atom. The summed E-state index contributed by atoms with van der Waals surface area (Å²) >= 11 is 6.44. The van der Waals surface area contributed by atoms with Crippen LogP contribution in [0.3, 0.4) is 0 Å². The number of thiocarbonyl (C=S) groups is 1. The first-order chi connectivity index (χ1) is 9.88. The van der Waals surface area contributed by atoms with Crippen molar-refractivity contribution in [3.05, 3.63) is 0 Å². The fraction of sp³-hybridized carbons (Fsp3) is 0.786. The lowest BCUT2D eigenvalue weighted by molar-refractivity contribution is -0.164. The first kappa shape index (κ1) is 17.9. The Labute approximate surface area is 141 Å². The van der Waals surface area contributed by atoms with Gasteiger partial charge in [-0.25, -0.2) is 4.79 Å². The molecule has 0 aromatic rings. The molecule has 1 N–H and O–H groups in total. The molecule has 124 valence electrons. The van der Waals surface area contributed by atoms with Crippen molar-refractivity contribution in [3.63, 3.8) is 0 Å². The predicted molar refractivity (Wildman–Crippen MR) is 93.5 cm³/mol. The van der Waals surface area contributed by atoms with E-state index in [1.54, 1.807) is 0 Å². The van der Waals surface area contributed by atoms with Crippen molar-refractivity contribution in [1.29, 1.82) is 0 Å². The molecular formula is C14H23NO4S2Si. The Balaban J connectivity index is 2.12. The molecule has 2 aliphatic rings. The van der Waals surface area contributed by atoms with Crippen LogP contribution in [0.15, 0.2) is 0 Å². The van der Waals surface area contributed by atoms with Crippen LogP contribution in [0.25, 0.3) is 0 Å². The SMILES string of the molecule is C[C@H](O[Si](C)(C)C(C)(C)C)[C@@H]1C(=O)N2C(C(=O)O)C(=S)S[C@H]12. The van der Waals surface area contributed by atoms with Crippen molar-refractivity contribution >= 4 is 48.4 Å². The van der Waals surface area contributed by atoms with Crippen LogP contribution in [0.4, 0.5) is 0 Å². The number of aliphatic carboxylic acids is 1. The highest BCUT2D eigenvalue weighted by atomic mass is 32.2.